The molecule has 3 aromatic rings. The highest BCUT2D eigenvalue weighted by molar-refractivity contribution is 6.05. The molecule has 0 saturated carbocycles. The van der Waals surface area contributed by atoms with Crippen molar-refractivity contribution in [2.24, 2.45) is 0 Å². The van der Waals surface area contributed by atoms with E-state index in [2.05, 4.69) is 10.3 Å². The van der Waals surface area contributed by atoms with Crippen LogP contribution in [-0.4, -0.2) is 10.9 Å². The molecule has 5 heteroatoms. The second-order valence-corrected chi connectivity index (χ2v) is 5.01. The summed E-state index contributed by atoms with van der Waals surface area (Å²) in [6, 6.07) is 11.4. The highest BCUT2D eigenvalue weighted by atomic mass is 19.1. The number of para-hydroxylation sites is 1. The van der Waals surface area contributed by atoms with Crippen LogP contribution in [0.25, 0.3) is 10.9 Å². The van der Waals surface area contributed by atoms with E-state index in [1.54, 1.807) is 37.3 Å². The maximum atomic E-state index is 13.8. The predicted octanol–water partition coefficient (Wildman–Crippen LogP) is 3.23. The van der Waals surface area contributed by atoms with Gasteiger partial charge in [-0.1, -0.05) is 18.2 Å². The summed E-state index contributed by atoms with van der Waals surface area (Å²) in [4.78, 5) is 27.4. The molecule has 1 amide bonds. The smallest absolute Gasteiger partial charge is 0.261 e. The number of aromatic amines is 1. The number of benzene rings is 2. The van der Waals surface area contributed by atoms with Crippen molar-refractivity contribution in [2.75, 3.05) is 5.32 Å². The van der Waals surface area contributed by atoms with Gasteiger partial charge < -0.3 is 10.3 Å². The van der Waals surface area contributed by atoms with Gasteiger partial charge in [-0.15, -0.1) is 0 Å². The summed E-state index contributed by atoms with van der Waals surface area (Å²) >= 11 is 0. The summed E-state index contributed by atoms with van der Waals surface area (Å²) < 4.78 is 13.8. The molecule has 0 atom stereocenters. The van der Waals surface area contributed by atoms with Gasteiger partial charge in [0.2, 0.25) is 5.43 Å². The number of halogens is 1. The quantitative estimate of drug-likeness (QED) is 0.762. The zero-order chi connectivity index (χ0) is 15.7. The number of nitrogens with one attached hydrogen (secondary N) is 2. The molecule has 110 valence electrons. The normalized spacial score (nSPS) is 10.6. The van der Waals surface area contributed by atoms with Crippen molar-refractivity contribution in [1.82, 2.24) is 4.98 Å². The van der Waals surface area contributed by atoms with Gasteiger partial charge in [0.25, 0.3) is 5.91 Å². The molecule has 4 nitrogen and oxygen atoms in total. The number of hydrogen-bond acceptors (Lipinski definition) is 2. The molecule has 0 aliphatic carbocycles. The maximum Gasteiger partial charge on any atom is 0.261 e. The third kappa shape index (κ3) is 2.48. The summed E-state index contributed by atoms with van der Waals surface area (Å²) in [6.07, 6.45) is 1.34. The number of fused-ring (bicyclic) bond motifs is 1. The van der Waals surface area contributed by atoms with Crippen molar-refractivity contribution in [3.63, 3.8) is 0 Å². The number of carbonyl (C=O) groups excluding carboxylic acids is 1. The minimum Gasteiger partial charge on any atom is -0.360 e. The summed E-state index contributed by atoms with van der Waals surface area (Å²) in [5.41, 5.74) is 0.992. The fourth-order valence-corrected chi connectivity index (χ4v) is 2.25. The SMILES string of the molecule is Cc1ccc(NC(=O)c2c[nH]c3ccccc3c2=O)c(F)c1. The third-order valence-electron chi connectivity index (χ3n) is 3.41. The fourth-order valence-electron chi connectivity index (χ4n) is 2.25. The number of aryl methyl sites for hydroxylation is 1. The van der Waals surface area contributed by atoms with Crippen LogP contribution in [0.15, 0.2) is 53.5 Å². The van der Waals surface area contributed by atoms with Crippen LogP contribution >= 0.6 is 0 Å². The van der Waals surface area contributed by atoms with E-state index in [0.717, 1.165) is 5.56 Å². The first-order valence-corrected chi connectivity index (χ1v) is 6.74. The monoisotopic (exact) mass is 296 g/mol. The fraction of sp³-hybridized carbons (Fsp3) is 0.0588. The zero-order valence-corrected chi connectivity index (χ0v) is 11.8. The molecule has 0 fully saturated rings. The first-order valence-electron chi connectivity index (χ1n) is 6.74. The molecule has 0 bridgehead atoms. The van der Waals surface area contributed by atoms with Crippen LogP contribution in [0.1, 0.15) is 15.9 Å². The lowest BCUT2D eigenvalue weighted by molar-refractivity contribution is 0.102. The van der Waals surface area contributed by atoms with Crippen molar-refractivity contribution >= 4 is 22.5 Å². The van der Waals surface area contributed by atoms with Gasteiger partial charge in [0.05, 0.1) is 5.69 Å². The van der Waals surface area contributed by atoms with Gasteiger partial charge in [0, 0.05) is 17.1 Å². The molecule has 22 heavy (non-hydrogen) atoms. The van der Waals surface area contributed by atoms with Crippen molar-refractivity contribution in [3.8, 4) is 0 Å². The van der Waals surface area contributed by atoms with E-state index in [9.17, 15) is 14.0 Å². The number of amides is 1. The molecule has 0 aliphatic heterocycles. The van der Waals surface area contributed by atoms with Crippen molar-refractivity contribution < 1.29 is 9.18 Å². The number of rotatable bonds is 2. The summed E-state index contributed by atoms with van der Waals surface area (Å²) in [5, 5.41) is 2.84. The van der Waals surface area contributed by atoms with E-state index in [1.807, 2.05) is 0 Å². The number of H-pyrrole nitrogens is 1. The lowest BCUT2D eigenvalue weighted by Crippen LogP contribution is -2.22. The summed E-state index contributed by atoms with van der Waals surface area (Å²) in [7, 11) is 0. The van der Waals surface area contributed by atoms with Gasteiger partial charge >= 0.3 is 0 Å². The number of carbonyl (C=O) groups is 1. The van der Waals surface area contributed by atoms with Crippen LogP contribution < -0.4 is 10.7 Å². The van der Waals surface area contributed by atoms with Gasteiger partial charge in [-0.05, 0) is 36.8 Å². The molecule has 0 unspecified atom stereocenters. The van der Waals surface area contributed by atoms with Gasteiger partial charge in [-0.25, -0.2) is 4.39 Å². The van der Waals surface area contributed by atoms with Crippen LogP contribution in [0.3, 0.4) is 0 Å². The van der Waals surface area contributed by atoms with Gasteiger partial charge in [-0.3, -0.25) is 9.59 Å². The molecule has 2 aromatic carbocycles. The van der Waals surface area contributed by atoms with Gasteiger partial charge in [0.15, 0.2) is 0 Å². The second-order valence-electron chi connectivity index (χ2n) is 5.01. The Labute approximate surface area is 125 Å². The topological polar surface area (TPSA) is 62.0 Å². The minimum atomic E-state index is -0.644. The Balaban J connectivity index is 1.99. The van der Waals surface area contributed by atoms with Crippen molar-refractivity contribution in [1.29, 1.82) is 0 Å². The van der Waals surface area contributed by atoms with Crippen LogP contribution in [0.5, 0.6) is 0 Å². The Morgan fingerprint density at radius 2 is 1.95 bits per heavy atom. The number of pyridine rings is 1. The van der Waals surface area contributed by atoms with E-state index in [1.165, 1.54) is 18.3 Å². The van der Waals surface area contributed by atoms with E-state index >= 15 is 0 Å². The molecule has 0 radical (unpaired) electrons. The molecule has 3 rings (SSSR count). The first kappa shape index (κ1) is 14.0. The van der Waals surface area contributed by atoms with Gasteiger partial charge in [0.1, 0.15) is 11.4 Å². The molecule has 0 spiro atoms. The second kappa shape index (κ2) is 5.44. The van der Waals surface area contributed by atoms with Crippen molar-refractivity contribution in [3.05, 3.63) is 75.8 Å². The van der Waals surface area contributed by atoms with E-state index in [0.29, 0.717) is 10.9 Å². The highest BCUT2D eigenvalue weighted by Gasteiger charge is 2.14. The Morgan fingerprint density at radius 3 is 2.73 bits per heavy atom. The number of anilines is 1. The van der Waals surface area contributed by atoms with E-state index in [-0.39, 0.29) is 16.7 Å². The average molecular weight is 296 g/mol. The first-order chi connectivity index (χ1) is 10.6. The van der Waals surface area contributed by atoms with E-state index < -0.39 is 11.7 Å². The molecular weight excluding hydrogens is 283 g/mol. The predicted molar refractivity (Wildman–Crippen MR) is 83.7 cm³/mol. The number of hydrogen-bond donors (Lipinski definition) is 2. The van der Waals surface area contributed by atoms with E-state index in [4.69, 9.17) is 0 Å². The van der Waals surface area contributed by atoms with Crippen LogP contribution in [0.4, 0.5) is 10.1 Å². The molecule has 0 saturated heterocycles. The van der Waals surface area contributed by atoms with Crippen molar-refractivity contribution in [2.45, 2.75) is 6.92 Å². The summed E-state index contributed by atoms with van der Waals surface area (Å²) in [5.74, 6) is -1.18. The average Bonchev–Trinajstić information content (AvgIpc) is 2.50. The summed E-state index contributed by atoms with van der Waals surface area (Å²) in [6.45, 7) is 1.75. The molecule has 1 aromatic heterocycles. The lowest BCUT2D eigenvalue weighted by Gasteiger charge is -2.07. The molecular formula is C17H13FN2O2. The lowest BCUT2D eigenvalue weighted by atomic mass is 10.1. The molecule has 2 N–H and O–H groups in total. The Kier molecular flexibility index (Phi) is 3.47. The van der Waals surface area contributed by atoms with Crippen LogP contribution in [0.2, 0.25) is 0 Å². The highest BCUT2D eigenvalue weighted by Crippen LogP contribution is 2.16. The zero-order valence-electron chi connectivity index (χ0n) is 11.8. The third-order valence-corrected chi connectivity index (χ3v) is 3.41. The maximum absolute atomic E-state index is 13.8. The molecule has 0 aliphatic rings. The van der Waals surface area contributed by atoms with Gasteiger partial charge in [-0.2, -0.15) is 0 Å². The minimum absolute atomic E-state index is 0.0446. The largest absolute Gasteiger partial charge is 0.360 e. The molecule has 1 heterocycles. The van der Waals surface area contributed by atoms with Crippen LogP contribution in [-0.2, 0) is 0 Å². The Morgan fingerprint density at radius 1 is 1.18 bits per heavy atom. The number of aromatic nitrogens is 1. The van der Waals surface area contributed by atoms with Crippen LogP contribution in [0, 0.1) is 12.7 Å². The Bertz CT molecular complexity index is 931. The standard InChI is InChI=1S/C17H13FN2O2/c1-10-6-7-15(13(18)8-10)20-17(22)12-9-19-14-5-3-2-4-11(14)16(12)21/h2-9H,1H3,(H,19,21)(H,20,22). The Hall–Kier alpha value is -2.95.